The number of amides is 1. The van der Waals surface area contributed by atoms with E-state index in [9.17, 15) is 10.1 Å². The molecular weight excluding hydrogens is 436 g/mol. The first-order valence-corrected chi connectivity index (χ1v) is 12.4. The fraction of sp³-hybridized carbons (Fsp3) is 0.520. The van der Waals surface area contributed by atoms with Crippen molar-refractivity contribution in [2.75, 3.05) is 52.3 Å². The van der Waals surface area contributed by atoms with Crippen LogP contribution >= 0.6 is 11.3 Å². The highest BCUT2D eigenvalue weighted by Crippen LogP contribution is 2.37. The van der Waals surface area contributed by atoms with Crippen molar-refractivity contribution >= 4 is 22.2 Å². The summed E-state index contributed by atoms with van der Waals surface area (Å²) in [4.78, 5) is 18.6. The van der Waals surface area contributed by atoms with Gasteiger partial charge in [-0.05, 0) is 48.9 Å². The number of methoxy groups -OCH3 is 2. The fourth-order valence-electron chi connectivity index (χ4n) is 4.66. The average molecular weight is 469 g/mol. The van der Waals surface area contributed by atoms with E-state index >= 15 is 0 Å². The number of anilines is 1. The number of hydrogen-bond donors (Lipinski definition) is 1. The van der Waals surface area contributed by atoms with Crippen LogP contribution in [0.2, 0.25) is 0 Å². The molecule has 2 aromatic rings. The smallest absolute Gasteiger partial charge is 0.239 e. The summed E-state index contributed by atoms with van der Waals surface area (Å²) in [5.41, 5.74) is 3.03. The molecule has 33 heavy (non-hydrogen) atoms. The van der Waals surface area contributed by atoms with E-state index in [2.05, 4.69) is 27.3 Å². The van der Waals surface area contributed by atoms with Crippen LogP contribution in [-0.4, -0.2) is 62.7 Å². The van der Waals surface area contributed by atoms with Gasteiger partial charge in [0.25, 0.3) is 0 Å². The molecule has 1 amide bonds. The number of carbonyl (C=O) groups is 1. The number of hydrogen-bond acceptors (Lipinski definition) is 7. The monoisotopic (exact) mass is 468 g/mol. The molecule has 0 saturated carbocycles. The zero-order valence-corrected chi connectivity index (χ0v) is 20.3. The molecular formula is C25H32N4O3S. The van der Waals surface area contributed by atoms with E-state index in [0.29, 0.717) is 12.1 Å². The van der Waals surface area contributed by atoms with Crippen LogP contribution in [0.25, 0.3) is 0 Å². The summed E-state index contributed by atoms with van der Waals surface area (Å²) >= 11 is 1.60. The molecule has 7 nitrogen and oxygen atoms in total. The molecule has 4 rings (SSSR count). The summed E-state index contributed by atoms with van der Waals surface area (Å²) in [6.07, 6.45) is 5.48. The van der Waals surface area contributed by atoms with Gasteiger partial charge >= 0.3 is 0 Å². The normalized spacial score (nSPS) is 17.0. The van der Waals surface area contributed by atoms with Gasteiger partial charge in [0.15, 0.2) is 11.5 Å². The number of piperazine rings is 1. The van der Waals surface area contributed by atoms with Crippen molar-refractivity contribution in [3.05, 3.63) is 39.8 Å². The molecule has 1 aliphatic heterocycles. The summed E-state index contributed by atoms with van der Waals surface area (Å²) in [6, 6.07) is 8.37. The van der Waals surface area contributed by atoms with Crippen molar-refractivity contribution in [3.8, 4) is 17.6 Å². The molecule has 0 spiro atoms. The highest BCUT2D eigenvalue weighted by molar-refractivity contribution is 7.16. The van der Waals surface area contributed by atoms with E-state index in [4.69, 9.17) is 9.47 Å². The van der Waals surface area contributed by atoms with E-state index < -0.39 is 0 Å². The Hall–Kier alpha value is -2.60. The molecule has 1 aromatic heterocycles. The van der Waals surface area contributed by atoms with Gasteiger partial charge < -0.3 is 14.8 Å². The van der Waals surface area contributed by atoms with Crippen LogP contribution < -0.4 is 14.8 Å². The maximum Gasteiger partial charge on any atom is 0.239 e. The van der Waals surface area contributed by atoms with Crippen LogP contribution in [0.5, 0.6) is 11.5 Å². The number of nitrogens with one attached hydrogen (secondary N) is 1. The molecule has 0 bridgehead atoms. The second-order valence-corrected chi connectivity index (χ2v) is 9.78. The van der Waals surface area contributed by atoms with Gasteiger partial charge in [0.05, 0.1) is 26.3 Å². The lowest BCUT2D eigenvalue weighted by Crippen LogP contribution is -2.48. The third kappa shape index (κ3) is 5.67. The Morgan fingerprint density at radius 2 is 1.79 bits per heavy atom. The number of nitriles is 1. The number of carbonyl (C=O) groups excluding carboxylic acids is 1. The van der Waals surface area contributed by atoms with Gasteiger partial charge in [-0.2, -0.15) is 5.26 Å². The van der Waals surface area contributed by atoms with Crippen LogP contribution in [0.15, 0.2) is 18.2 Å². The summed E-state index contributed by atoms with van der Waals surface area (Å²) in [5, 5.41) is 13.5. The third-order valence-electron chi connectivity index (χ3n) is 6.47. The number of fused-ring (bicyclic) bond motifs is 1. The van der Waals surface area contributed by atoms with Gasteiger partial charge in [-0.3, -0.25) is 14.6 Å². The molecule has 8 heteroatoms. The minimum absolute atomic E-state index is 0.0312. The second kappa shape index (κ2) is 11.0. The molecule has 1 aliphatic carbocycles. The molecule has 0 atom stereocenters. The van der Waals surface area contributed by atoms with Crippen molar-refractivity contribution in [1.29, 1.82) is 5.26 Å². The van der Waals surface area contributed by atoms with Crippen molar-refractivity contribution in [2.24, 2.45) is 0 Å². The van der Waals surface area contributed by atoms with Gasteiger partial charge in [-0.1, -0.05) is 12.5 Å². The quantitative estimate of drug-likeness (QED) is 0.625. The lowest BCUT2D eigenvalue weighted by atomic mass is 10.1. The lowest BCUT2D eigenvalue weighted by Gasteiger charge is -2.34. The predicted molar refractivity (Wildman–Crippen MR) is 130 cm³/mol. The minimum Gasteiger partial charge on any atom is -0.493 e. The van der Waals surface area contributed by atoms with Crippen LogP contribution in [0.4, 0.5) is 5.00 Å². The Balaban J connectivity index is 1.28. The topological polar surface area (TPSA) is 77.8 Å². The molecule has 1 saturated heterocycles. The zero-order chi connectivity index (χ0) is 23.2. The number of rotatable bonds is 7. The molecule has 1 aromatic carbocycles. The van der Waals surface area contributed by atoms with Crippen molar-refractivity contribution < 1.29 is 14.3 Å². The number of benzene rings is 1. The second-order valence-electron chi connectivity index (χ2n) is 8.67. The van der Waals surface area contributed by atoms with Gasteiger partial charge in [0.2, 0.25) is 5.91 Å². The average Bonchev–Trinajstić information content (AvgIpc) is 2.98. The molecule has 2 aliphatic rings. The molecule has 0 unspecified atom stereocenters. The Kier molecular flexibility index (Phi) is 7.86. The van der Waals surface area contributed by atoms with E-state index in [1.807, 2.05) is 12.1 Å². The molecule has 2 heterocycles. The highest BCUT2D eigenvalue weighted by Gasteiger charge is 2.23. The minimum atomic E-state index is -0.0312. The van der Waals surface area contributed by atoms with E-state index in [1.165, 1.54) is 28.8 Å². The van der Waals surface area contributed by atoms with E-state index in [-0.39, 0.29) is 5.91 Å². The van der Waals surface area contributed by atoms with Crippen LogP contribution in [-0.2, 0) is 24.2 Å². The first kappa shape index (κ1) is 23.6. The Morgan fingerprint density at radius 3 is 2.52 bits per heavy atom. The maximum absolute atomic E-state index is 12.7. The number of ether oxygens (including phenoxy) is 2. The Bertz CT molecular complexity index is 1020. The van der Waals surface area contributed by atoms with Gasteiger partial charge in [-0.15, -0.1) is 11.3 Å². The molecule has 176 valence electrons. The fourth-order valence-corrected chi connectivity index (χ4v) is 5.92. The summed E-state index contributed by atoms with van der Waals surface area (Å²) < 4.78 is 10.7. The predicted octanol–water partition coefficient (Wildman–Crippen LogP) is 3.66. The standard InChI is InChI=1S/C25H32N4O3S/c1-31-21-9-8-18(14-22(21)32-2)16-28-10-12-29(13-11-28)17-24(30)27-25-20(15-26)19-6-4-3-5-7-23(19)33-25/h8-9,14H,3-7,10-13,16-17H2,1-2H3,(H,27,30). The third-order valence-corrected chi connectivity index (χ3v) is 7.68. The van der Waals surface area contributed by atoms with E-state index in [1.54, 1.807) is 25.6 Å². The number of thiophene rings is 1. The lowest BCUT2D eigenvalue weighted by molar-refractivity contribution is -0.117. The zero-order valence-electron chi connectivity index (χ0n) is 19.5. The summed E-state index contributed by atoms with van der Waals surface area (Å²) in [5.74, 6) is 1.45. The first-order valence-electron chi connectivity index (χ1n) is 11.6. The number of nitrogens with zero attached hydrogens (tertiary/aromatic N) is 3. The number of aryl methyl sites for hydroxylation is 1. The van der Waals surface area contributed by atoms with Crippen LogP contribution in [0.3, 0.4) is 0 Å². The molecule has 1 fully saturated rings. The molecule has 1 N–H and O–H groups in total. The summed E-state index contributed by atoms with van der Waals surface area (Å²) in [6.45, 7) is 4.68. The van der Waals surface area contributed by atoms with Crippen LogP contribution in [0, 0.1) is 11.3 Å². The highest BCUT2D eigenvalue weighted by atomic mass is 32.1. The molecule has 0 radical (unpaired) electrons. The van der Waals surface area contributed by atoms with Gasteiger partial charge in [-0.25, -0.2) is 0 Å². The Labute approximate surface area is 199 Å². The van der Waals surface area contributed by atoms with E-state index in [0.717, 1.165) is 68.5 Å². The first-order chi connectivity index (χ1) is 16.1. The maximum atomic E-state index is 12.7. The Morgan fingerprint density at radius 1 is 1.06 bits per heavy atom. The van der Waals surface area contributed by atoms with Crippen molar-refractivity contribution in [3.63, 3.8) is 0 Å². The SMILES string of the molecule is COc1ccc(CN2CCN(CC(=O)Nc3sc4c(c3C#N)CCCCC4)CC2)cc1OC. The van der Waals surface area contributed by atoms with Crippen molar-refractivity contribution in [1.82, 2.24) is 9.80 Å². The largest absolute Gasteiger partial charge is 0.493 e. The van der Waals surface area contributed by atoms with Gasteiger partial charge in [0, 0.05) is 37.6 Å². The summed E-state index contributed by atoms with van der Waals surface area (Å²) in [7, 11) is 3.29. The van der Waals surface area contributed by atoms with Crippen molar-refractivity contribution in [2.45, 2.75) is 38.6 Å². The van der Waals surface area contributed by atoms with Crippen LogP contribution in [0.1, 0.15) is 40.8 Å². The van der Waals surface area contributed by atoms with Gasteiger partial charge in [0.1, 0.15) is 11.1 Å².